The van der Waals surface area contributed by atoms with Crippen LogP contribution in [0.2, 0.25) is 0 Å². The second kappa shape index (κ2) is 7.57. The summed E-state index contributed by atoms with van der Waals surface area (Å²) in [7, 11) is 3.22. The van der Waals surface area contributed by atoms with E-state index in [1.165, 1.54) is 12.1 Å². The molecule has 5 heteroatoms. The fourth-order valence-electron chi connectivity index (χ4n) is 2.42. The van der Waals surface area contributed by atoms with Gasteiger partial charge in [0.05, 0.1) is 5.54 Å². The number of methoxy groups -OCH3 is 2. The summed E-state index contributed by atoms with van der Waals surface area (Å²) in [6.07, 6.45) is 0.305. The molecule has 114 valence electrons. The predicted molar refractivity (Wildman–Crippen MR) is 79.3 cm³/mol. The van der Waals surface area contributed by atoms with Gasteiger partial charge in [0, 0.05) is 39.4 Å². The van der Waals surface area contributed by atoms with E-state index in [1.807, 2.05) is 6.92 Å². The molecule has 1 unspecified atom stereocenters. The SMILES string of the molecule is CCN(c1ccc(F)cc1)C(C)(CN)CC(OC)OC. The summed E-state index contributed by atoms with van der Waals surface area (Å²) in [5.41, 5.74) is 6.59. The Labute approximate surface area is 120 Å². The minimum absolute atomic E-state index is 0.245. The lowest BCUT2D eigenvalue weighted by molar-refractivity contribution is -0.115. The van der Waals surface area contributed by atoms with Crippen LogP contribution in [0.25, 0.3) is 0 Å². The van der Waals surface area contributed by atoms with Crippen molar-refractivity contribution in [2.24, 2.45) is 5.73 Å². The van der Waals surface area contributed by atoms with Crippen LogP contribution in [-0.2, 0) is 9.47 Å². The number of likely N-dealkylation sites (N-methyl/N-ethyl adjacent to an activating group) is 1. The smallest absolute Gasteiger partial charge is 0.159 e. The summed E-state index contributed by atoms with van der Waals surface area (Å²) < 4.78 is 23.6. The van der Waals surface area contributed by atoms with Crippen molar-refractivity contribution in [3.05, 3.63) is 30.1 Å². The summed E-state index contributed by atoms with van der Waals surface area (Å²) in [5, 5.41) is 0. The van der Waals surface area contributed by atoms with E-state index < -0.39 is 0 Å². The van der Waals surface area contributed by atoms with Crippen molar-refractivity contribution < 1.29 is 13.9 Å². The number of nitrogens with zero attached hydrogens (tertiary/aromatic N) is 1. The predicted octanol–water partition coefficient (Wildman–Crippen LogP) is 2.38. The van der Waals surface area contributed by atoms with Crippen molar-refractivity contribution in [3.8, 4) is 0 Å². The summed E-state index contributed by atoms with van der Waals surface area (Å²) in [4.78, 5) is 2.15. The van der Waals surface area contributed by atoms with E-state index >= 15 is 0 Å². The Morgan fingerprint density at radius 2 is 1.80 bits per heavy atom. The summed E-state index contributed by atoms with van der Waals surface area (Å²) >= 11 is 0. The molecule has 0 aliphatic carbocycles. The average molecular weight is 284 g/mol. The quantitative estimate of drug-likeness (QED) is 0.745. The molecule has 1 aromatic carbocycles. The van der Waals surface area contributed by atoms with Crippen LogP contribution in [0.15, 0.2) is 24.3 Å². The van der Waals surface area contributed by atoms with Gasteiger partial charge in [0.25, 0.3) is 0 Å². The van der Waals surface area contributed by atoms with Crippen LogP contribution >= 0.6 is 0 Å². The molecule has 0 amide bonds. The zero-order chi connectivity index (χ0) is 15.2. The van der Waals surface area contributed by atoms with Gasteiger partial charge in [0.15, 0.2) is 6.29 Å². The van der Waals surface area contributed by atoms with Crippen molar-refractivity contribution in [1.82, 2.24) is 0 Å². The van der Waals surface area contributed by atoms with Crippen LogP contribution in [0.3, 0.4) is 0 Å². The molecule has 0 saturated heterocycles. The van der Waals surface area contributed by atoms with Crippen molar-refractivity contribution >= 4 is 5.69 Å². The van der Waals surface area contributed by atoms with Gasteiger partial charge < -0.3 is 20.1 Å². The highest BCUT2D eigenvalue weighted by atomic mass is 19.1. The number of rotatable bonds is 8. The Balaban J connectivity index is 3.01. The maximum atomic E-state index is 13.1. The minimum Gasteiger partial charge on any atom is -0.365 e. The molecule has 0 radical (unpaired) electrons. The molecule has 0 aliphatic heterocycles. The Morgan fingerprint density at radius 3 is 2.20 bits per heavy atom. The molecule has 0 heterocycles. The first-order valence-corrected chi connectivity index (χ1v) is 6.79. The van der Waals surface area contributed by atoms with Gasteiger partial charge in [-0.15, -0.1) is 0 Å². The highest BCUT2D eigenvalue weighted by Crippen LogP contribution is 2.28. The fraction of sp³-hybridized carbons (Fsp3) is 0.600. The largest absolute Gasteiger partial charge is 0.365 e. The van der Waals surface area contributed by atoms with Gasteiger partial charge in [-0.1, -0.05) is 0 Å². The molecule has 2 N–H and O–H groups in total. The Bertz CT molecular complexity index is 395. The molecule has 0 aliphatic rings. The molecule has 0 spiro atoms. The van der Waals surface area contributed by atoms with Crippen molar-refractivity contribution in [2.45, 2.75) is 32.1 Å². The van der Waals surface area contributed by atoms with Crippen molar-refractivity contribution in [2.75, 3.05) is 32.2 Å². The second-order valence-electron chi connectivity index (χ2n) is 5.03. The zero-order valence-corrected chi connectivity index (χ0v) is 12.7. The van der Waals surface area contributed by atoms with E-state index in [4.69, 9.17) is 15.2 Å². The van der Waals surface area contributed by atoms with Crippen LogP contribution in [0, 0.1) is 5.82 Å². The van der Waals surface area contributed by atoms with E-state index in [0.717, 1.165) is 12.2 Å². The molecule has 0 aromatic heterocycles. The third-order valence-corrected chi connectivity index (χ3v) is 3.68. The molecule has 0 bridgehead atoms. The summed E-state index contributed by atoms with van der Waals surface area (Å²) in [5.74, 6) is -0.245. The van der Waals surface area contributed by atoms with Gasteiger partial charge in [0.2, 0.25) is 0 Å². The normalized spacial score (nSPS) is 14.3. The van der Waals surface area contributed by atoms with E-state index in [1.54, 1.807) is 26.4 Å². The number of halogens is 1. The maximum absolute atomic E-state index is 13.1. The van der Waals surface area contributed by atoms with Crippen LogP contribution in [0.1, 0.15) is 20.3 Å². The van der Waals surface area contributed by atoms with Crippen molar-refractivity contribution in [1.29, 1.82) is 0 Å². The highest BCUT2D eigenvalue weighted by Gasteiger charge is 2.33. The molecule has 1 atom stereocenters. The lowest BCUT2D eigenvalue weighted by atomic mass is 9.94. The number of hydrogen-bond donors (Lipinski definition) is 1. The third-order valence-electron chi connectivity index (χ3n) is 3.68. The number of hydrogen-bond acceptors (Lipinski definition) is 4. The molecular weight excluding hydrogens is 259 g/mol. The lowest BCUT2D eigenvalue weighted by Crippen LogP contribution is -2.54. The van der Waals surface area contributed by atoms with Crippen LogP contribution in [0.4, 0.5) is 10.1 Å². The van der Waals surface area contributed by atoms with Gasteiger partial charge in [-0.2, -0.15) is 0 Å². The number of anilines is 1. The molecule has 4 nitrogen and oxygen atoms in total. The van der Waals surface area contributed by atoms with Crippen LogP contribution in [-0.4, -0.2) is 39.1 Å². The standard InChI is InChI=1S/C15H25FN2O2/c1-5-18(13-8-6-12(16)7-9-13)15(2,11-17)10-14(19-3)20-4/h6-9,14H,5,10-11,17H2,1-4H3. The van der Waals surface area contributed by atoms with Gasteiger partial charge in [0.1, 0.15) is 5.82 Å². The molecule has 0 fully saturated rings. The Morgan fingerprint density at radius 1 is 1.25 bits per heavy atom. The Hall–Kier alpha value is -1.17. The fourth-order valence-corrected chi connectivity index (χ4v) is 2.42. The lowest BCUT2D eigenvalue weighted by Gasteiger charge is -2.43. The molecule has 1 rings (SSSR count). The Kier molecular flexibility index (Phi) is 6.39. The topological polar surface area (TPSA) is 47.7 Å². The van der Waals surface area contributed by atoms with Crippen molar-refractivity contribution in [3.63, 3.8) is 0 Å². The van der Waals surface area contributed by atoms with E-state index in [0.29, 0.717) is 13.0 Å². The first-order chi connectivity index (χ1) is 9.50. The number of ether oxygens (including phenoxy) is 2. The molecular formula is C15H25FN2O2. The maximum Gasteiger partial charge on any atom is 0.159 e. The van der Waals surface area contributed by atoms with Gasteiger partial charge >= 0.3 is 0 Å². The van der Waals surface area contributed by atoms with E-state index in [2.05, 4.69) is 11.8 Å². The van der Waals surface area contributed by atoms with Crippen LogP contribution in [0.5, 0.6) is 0 Å². The minimum atomic E-state index is -0.330. The summed E-state index contributed by atoms with van der Waals surface area (Å²) in [6, 6.07) is 6.45. The van der Waals surface area contributed by atoms with Gasteiger partial charge in [-0.25, -0.2) is 4.39 Å². The number of nitrogens with two attached hydrogens (primary N) is 1. The monoisotopic (exact) mass is 284 g/mol. The second-order valence-corrected chi connectivity index (χ2v) is 5.03. The summed E-state index contributed by atoms with van der Waals surface area (Å²) in [6.45, 7) is 5.32. The number of benzene rings is 1. The van der Waals surface area contributed by atoms with E-state index in [9.17, 15) is 4.39 Å². The first-order valence-electron chi connectivity index (χ1n) is 6.79. The van der Waals surface area contributed by atoms with Gasteiger partial charge in [-0.05, 0) is 38.1 Å². The average Bonchev–Trinajstić information content (AvgIpc) is 2.47. The zero-order valence-electron chi connectivity index (χ0n) is 12.7. The highest BCUT2D eigenvalue weighted by molar-refractivity contribution is 5.49. The molecule has 0 saturated carbocycles. The van der Waals surface area contributed by atoms with Crippen LogP contribution < -0.4 is 10.6 Å². The third kappa shape index (κ3) is 3.91. The van der Waals surface area contributed by atoms with Gasteiger partial charge in [-0.3, -0.25) is 0 Å². The first kappa shape index (κ1) is 16.9. The molecule has 1 aromatic rings. The molecule has 20 heavy (non-hydrogen) atoms. The van der Waals surface area contributed by atoms with E-state index in [-0.39, 0.29) is 17.6 Å².